The Morgan fingerprint density at radius 2 is 2.31 bits per heavy atom. The molecule has 2 rings (SSSR count). The molecule has 0 saturated heterocycles. The van der Waals surface area contributed by atoms with Gasteiger partial charge in [0.15, 0.2) is 0 Å². The molecule has 3 nitrogen and oxygen atoms in total. The van der Waals surface area contributed by atoms with Crippen LogP contribution in [0.1, 0.15) is 17.0 Å². The van der Waals surface area contributed by atoms with E-state index in [0.717, 1.165) is 25.2 Å². The number of nitrogens with zero attached hydrogens (tertiary/aromatic N) is 2. The SMILES string of the molecule is Cl.N#Cc1ccc2c(n1)CCNC2. The van der Waals surface area contributed by atoms with Crippen molar-refractivity contribution in [1.82, 2.24) is 10.3 Å². The summed E-state index contributed by atoms with van der Waals surface area (Å²) in [6.07, 6.45) is 0.935. The number of aromatic nitrogens is 1. The van der Waals surface area contributed by atoms with Crippen molar-refractivity contribution >= 4 is 12.4 Å². The molecule has 1 aromatic heterocycles. The van der Waals surface area contributed by atoms with E-state index in [2.05, 4.69) is 10.3 Å². The fourth-order valence-electron chi connectivity index (χ4n) is 1.40. The minimum atomic E-state index is 0. The Bertz CT molecular complexity index is 343. The van der Waals surface area contributed by atoms with Crippen LogP contribution >= 0.6 is 12.4 Å². The number of nitrogens with one attached hydrogen (secondary N) is 1. The zero-order valence-corrected chi connectivity index (χ0v) is 7.90. The van der Waals surface area contributed by atoms with E-state index < -0.39 is 0 Å². The van der Waals surface area contributed by atoms with Gasteiger partial charge >= 0.3 is 0 Å². The average molecular weight is 196 g/mol. The highest BCUT2D eigenvalue weighted by molar-refractivity contribution is 5.85. The largest absolute Gasteiger partial charge is 0.312 e. The highest BCUT2D eigenvalue weighted by Gasteiger charge is 2.09. The van der Waals surface area contributed by atoms with Gasteiger partial charge in [0.1, 0.15) is 11.8 Å². The van der Waals surface area contributed by atoms with Gasteiger partial charge in [0.2, 0.25) is 0 Å². The first-order valence-corrected chi connectivity index (χ1v) is 4.00. The third-order valence-electron chi connectivity index (χ3n) is 2.04. The van der Waals surface area contributed by atoms with E-state index in [-0.39, 0.29) is 12.4 Å². The Hall–Kier alpha value is -1.11. The van der Waals surface area contributed by atoms with Gasteiger partial charge in [-0.2, -0.15) is 5.26 Å². The van der Waals surface area contributed by atoms with Gasteiger partial charge in [-0.15, -0.1) is 12.4 Å². The summed E-state index contributed by atoms with van der Waals surface area (Å²) in [4.78, 5) is 4.23. The normalized spacial score (nSPS) is 13.8. The maximum Gasteiger partial charge on any atom is 0.140 e. The molecule has 0 aliphatic carbocycles. The molecule has 0 atom stereocenters. The van der Waals surface area contributed by atoms with E-state index in [1.54, 1.807) is 6.07 Å². The molecule has 2 heterocycles. The second-order valence-corrected chi connectivity index (χ2v) is 2.84. The molecule has 0 fully saturated rings. The van der Waals surface area contributed by atoms with Crippen LogP contribution in [0.2, 0.25) is 0 Å². The van der Waals surface area contributed by atoms with Crippen LogP contribution in [-0.2, 0) is 13.0 Å². The second kappa shape index (κ2) is 4.22. The van der Waals surface area contributed by atoms with Crippen molar-refractivity contribution < 1.29 is 0 Å². The lowest BCUT2D eigenvalue weighted by Crippen LogP contribution is -2.24. The van der Waals surface area contributed by atoms with Crippen LogP contribution in [0.25, 0.3) is 0 Å². The molecule has 0 spiro atoms. The first-order chi connectivity index (χ1) is 5.90. The summed E-state index contributed by atoms with van der Waals surface area (Å²) >= 11 is 0. The molecule has 0 unspecified atom stereocenters. The molecule has 13 heavy (non-hydrogen) atoms. The van der Waals surface area contributed by atoms with E-state index in [1.807, 2.05) is 12.1 Å². The van der Waals surface area contributed by atoms with Gasteiger partial charge in [-0.25, -0.2) is 4.98 Å². The summed E-state index contributed by atoms with van der Waals surface area (Å²) in [6.45, 7) is 1.85. The smallest absolute Gasteiger partial charge is 0.140 e. The lowest BCUT2D eigenvalue weighted by Gasteiger charge is -2.15. The summed E-state index contributed by atoms with van der Waals surface area (Å²) in [6, 6.07) is 5.79. The Morgan fingerprint density at radius 3 is 3.08 bits per heavy atom. The van der Waals surface area contributed by atoms with Gasteiger partial charge in [0, 0.05) is 25.2 Å². The van der Waals surface area contributed by atoms with Crippen LogP contribution in [0.4, 0.5) is 0 Å². The number of rotatable bonds is 0. The topological polar surface area (TPSA) is 48.7 Å². The fourth-order valence-corrected chi connectivity index (χ4v) is 1.40. The molecule has 1 aliphatic heterocycles. The number of fused-ring (bicyclic) bond motifs is 1. The minimum absolute atomic E-state index is 0. The third-order valence-corrected chi connectivity index (χ3v) is 2.04. The van der Waals surface area contributed by atoms with Crippen LogP contribution in [0, 0.1) is 11.3 Å². The standard InChI is InChI=1S/C9H9N3.ClH/c10-5-8-2-1-7-6-11-4-3-9(7)12-8;/h1-2,11H,3-4,6H2;1H. The molecule has 0 saturated carbocycles. The summed E-state index contributed by atoms with van der Waals surface area (Å²) in [5.74, 6) is 0. The Labute approximate surface area is 83.2 Å². The van der Waals surface area contributed by atoms with Crippen molar-refractivity contribution in [2.24, 2.45) is 0 Å². The third kappa shape index (κ3) is 1.97. The van der Waals surface area contributed by atoms with Gasteiger partial charge in [-0.05, 0) is 11.6 Å². The zero-order chi connectivity index (χ0) is 8.39. The molecule has 1 aromatic rings. The maximum absolute atomic E-state index is 8.61. The number of nitriles is 1. The Morgan fingerprint density at radius 1 is 1.46 bits per heavy atom. The van der Waals surface area contributed by atoms with E-state index in [4.69, 9.17) is 5.26 Å². The quantitative estimate of drug-likeness (QED) is 0.673. The second-order valence-electron chi connectivity index (χ2n) is 2.84. The van der Waals surface area contributed by atoms with Crippen molar-refractivity contribution in [1.29, 1.82) is 5.26 Å². The first-order valence-electron chi connectivity index (χ1n) is 4.00. The molecule has 1 N–H and O–H groups in total. The number of pyridine rings is 1. The van der Waals surface area contributed by atoms with Crippen molar-refractivity contribution in [2.45, 2.75) is 13.0 Å². The van der Waals surface area contributed by atoms with Crippen molar-refractivity contribution in [2.75, 3.05) is 6.54 Å². The molecule has 1 aliphatic rings. The molecular formula is C9H10ClN3. The van der Waals surface area contributed by atoms with Crippen LogP contribution in [-0.4, -0.2) is 11.5 Å². The van der Waals surface area contributed by atoms with Crippen molar-refractivity contribution in [3.8, 4) is 6.07 Å². The molecule has 68 valence electrons. The van der Waals surface area contributed by atoms with E-state index >= 15 is 0 Å². The predicted molar refractivity (Wildman–Crippen MR) is 51.6 cm³/mol. The zero-order valence-electron chi connectivity index (χ0n) is 7.08. The van der Waals surface area contributed by atoms with E-state index in [0.29, 0.717) is 5.69 Å². The molecule has 0 radical (unpaired) electrons. The first kappa shape index (κ1) is 9.97. The van der Waals surface area contributed by atoms with Crippen LogP contribution in [0.5, 0.6) is 0 Å². The molecular weight excluding hydrogens is 186 g/mol. The summed E-state index contributed by atoms with van der Waals surface area (Å²) in [5.41, 5.74) is 2.82. The van der Waals surface area contributed by atoms with Gasteiger partial charge in [-0.3, -0.25) is 0 Å². The van der Waals surface area contributed by atoms with Crippen LogP contribution in [0.3, 0.4) is 0 Å². The molecule has 0 aromatic carbocycles. The van der Waals surface area contributed by atoms with Crippen LogP contribution in [0.15, 0.2) is 12.1 Å². The number of hydrogen-bond donors (Lipinski definition) is 1. The Balaban J connectivity index is 0.000000845. The number of halogens is 1. The monoisotopic (exact) mass is 195 g/mol. The average Bonchev–Trinajstić information content (AvgIpc) is 2.17. The lowest BCUT2D eigenvalue weighted by molar-refractivity contribution is 0.629. The molecule has 4 heteroatoms. The lowest BCUT2D eigenvalue weighted by atomic mass is 10.1. The molecule has 0 bridgehead atoms. The maximum atomic E-state index is 8.61. The van der Waals surface area contributed by atoms with E-state index in [9.17, 15) is 0 Å². The van der Waals surface area contributed by atoms with Gasteiger partial charge < -0.3 is 5.32 Å². The van der Waals surface area contributed by atoms with Crippen LogP contribution < -0.4 is 5.32 Å². The predicted octanol–water partition coefficient (Wildman–Crippen LogP) is 1.02. The molecule has 0 amide bonds. The van der Waals surface area contributed by atoms with Gasteiger partial charge in [-0.1, -0.05) is 6.07 Å². The number of hydrogen-bond acceptors (Lipinski definition) is 3. The van der Waals surface area contributed by atoms with Crippen molar-refractivity contribution in [3.05, 3.63) is 29.1 Å². The highest BCUT2D eigenvalue weighted by Crippen LogP contribution is 2.11. The minimum Gasteiger partial charge on any atom is -0.312 e. The summed E-state index contributed by atoms with van der Waals surface area (Å²) in [7, 11) is 0. The summed E-state index contributed by atoms with van der Waals surface area (Å²) in [5, 5.41) is 11.9. The van der Waals surface area contributed by atoms with E-state index in [1.165, 1.54) is 5.56 Å². The summed E-state index contributed by atoms with van der Waals surface area (Å²) < 4.78 is 0. The van der Waals surface area contributed by atoms with Gasteiger partial charge in [0.25, 0.3) is 0 Å². The van der Waals surface area contributed by atoms with Gasteiger partial charge in [0.05, 0.1) is 0 Å². The van der Waals surface area contributed by atoms with Crippen molar-refractivity contribution in [3.63, 3.8) is 0 Å². The Kier molecular flexibility index (Phi) is 3.24. The fraction of sp³-hybridized carbons (Fsp3) is 0.333. The highest BCUT2D eigenvalue weighted by atomic mass is 35.5.